The molecule has 2 unspecified atom stereocenters. The highest BCUT2D eigenvalue weighted by molar-refractivity contribution is 6.30. The Balaban J connectivity index is 2.01. The third-order valence-corrected chi connectivity index (χ3v) is 4.20. The fourth-order valence-electron chi connectivity index (χ4n) is 3.01. The number of aliphatic hydroxyl groups excluding tert-OH is 1. The Bertz CT molecular complexity index is 659. The number of rotatable bonds is 1. The van der Waals surface area contributed by atoms with E-state index in [1.54, 1.807) is 12.3 Å². The molecule has 0 amide bonds. The third-order valence-electron chi connectivity index (χ3n) is 3.97. The van der Waals surface area contributed by atoms with Crippen molar-refractivity contribution < 1.29 is 9.50 Å². The molecule has 2 nitrogen and oxygen atoms in total. The van der Waals surface area contributed by atoms with Gasteiger partial charge in [-0.3, -0.25) is 4.98 Å². The van der Waals surface area contributed by atoms with Crippen LogP contribution in [-0.4, -0.2) is 10.1 Å². The van der Waals surface area contributed by atoms with Gasteiger partial charge in [0.15, 0.2) is 0 Å². The fourth-order valence-corrected chi connectivity index (χ4v) is 3.19. The molecular weight excluding hydrogens is 277 g/mol. The van der Waals surface area contributed by atoms with Gasteiger partial charge in [0.05, 0.1) is 6.10 Å². The van der Waals surface area contributed by atoms with E-state index in [-0.39, 0.29) is 11.7 Å². The first kappa shape index (κ1) is 13.5. The number of aromatic nitrogens is 1. The summed E-state index contributed by atoms with van der Waals surface area (Å²) < 4.78 is 14.0. The van der Waals surface area contributed by atoms with Crippen LogP contribution in [0.3, 0.4) is 0 Å². The molecule has 1 aliphatic carbocycles. The third kappa shape index (κ3) is 2.32. The molecule has 0 fully saturated rings. The standard InChI is InChI=1S/C16H15ClFNO/c1-9-4-5-19-14-6-10(7-15(20)16(9)14)12-8-11(17)2-3-13(12)18/h2-5,8,10,15,20H,6-7H2,1H3. The molecule has 0 aliphatic heterocycles. The quantitative estimate of drug-likeness (QED) is 0.863. The minimum Gasteiger partial charge on any atom is -0.388 e. The van der Waals surface area contributed by atoms with Gasteiger partial charge in [0.25, 0.3) is 0 Å². The zero-order chi connectivity index (χ0) is 14.3. The van der Waals surface area contributed by atoms with Gasteiger partial charge in [-0.1, -0.05) is 11.6 Å². The molecule has 1 heterocycles. The zero-order valence-corrected chi connectivity index (χ0v) is 11.9. The molecule has 1 aliphatic rings. The van der Waals surface area contributed by atoms with E-state index >= 15 is 0 Å². The lowest BCUT2D eigenvalue weighted by molar-refractivity contribution is 0.145. The van der Waals surface area contributed by atoms with Crippen LogP contribution in [0.4, 0.5) is 4.39 Å². The maximum atomic E-state index is 14.0. The molecule has 3 rings (SSSR count). The van der Waals surface area contributed by atoms with Gasteiger partial charge in [0, 0.05) is 22.5 Å². The number of benzene rings is 1. The second kappa shape index (κ2) is 5.15. The monoisotopic (exact) mass is 291 g/mol. The molecule has 1 aromatic carbocycles. The molecule has 20 heavy (non-hydrogen) atoms. The summed E-state index contributed by atoms with van der Waals surface area (Å²) in [7, 11) is 0. The Morgan fingerprint density at radius 1 is 1.35 bits per heavy atom. The number of aryl methyl sites for hydroxylation is 1. The van der Waals surface area contributed by atoms with E-state index in [1.165, 1.54) is 12.1 Å². The average molecular weight is 292 g/mol. The van der Waals surface area contributed by atoms with E-state index in [0.717, 1.165) is 16.8 Å². The predicted molar refractivity (Wildman–Crippen MR) is 76.4 cm³/mol. The predicted octanol–water partition coefficient (Wildman–Crippen LogP) is 3.95. The first-order valence-electron chi connectivity index (χ1n) is 6.63. The van der Waals surface area contributed by atoms with Crippen LogP contribution < -0.4 is 0 Å². The highest BCUT2D eigenvalue weighted by atomic mass is 35.5. The van der Waals surface area contributed by atoms with Crippen LogP contribution in [0.2, 0.25) is 5.02 Å². The smallest absolute Gasteiger partial charge is 0.126 e. The van der Waals surface area contributed by atoms with Crippen molar-refractivity contribution in [3.05, 3.63) is 63.7 Å². The molecule has 0 bridgehead atoms. The van der Waals surface area contributed by atoms with Crippen LogP contribution in [0.15, 0.2) is 30.5 Å². The van der Waals surface area contributed by atoms with Crippen molar-refractivity contribution in [2.24, 2.45) is 0 Å². The normalized spacial score (nSPS) is 21.6. The number of aliphatic hydroxyl groups is 1. The van der Waals surface area contributed by atoms with Crippen molar-refractivity contribution in [1.29, 1.82) is 0 Å². The first-order chi connectivity index (χ1) is 9.56. The number of hydrogen-bond donors (Lipinski definition) is 1. The molecule has 0 saturated carbocycles. The highest BCUT2D eigenvalue weighted by Crippen LogP contribution is 2.40. The molecule has 4 heteroatoms. The topological polar surface area (TPSA) is 33.1 Å². The summed E-state index contributed by atoms with van der Waals surface area (Å²) in [5.41, 5.74) is 3.34. The van der Waals surface area contributed by atoms with Gasteiger partial charge in [-0.2, -0.15) is 0 Å². The zero-order valence-electron chi connectivity index (χ0n) is 11.1. The molecule has 0 radical (unpaired) electrons. The largest absolute Gasteiger partial charge is 0.388 e. The molecular formula is C16H15ClFNO. The van der Waals surface area contributed by atoms with E-state index < -0.39 is 6.10 Å². The van der Waals surface area contributed by atoms with E-state index in [4.69, 9.17) is 11.6 Å². The summed E-state index contributed by atoms with van der Waals surface area (Å²) in [5, 5.41) is 10.9. The second-order valence-corrected chi connectivity index (χ2v) is 5.74. The van der Waals surface area contributed by atoms with Gasteiger partial charge >= 0.3 is 0 Å². The SMILES string of the molecule is Cc1ccnc2c1C(O)CC(c1cc(Cl)ccc1F)C2. The molecule has 0 spiro atoms. The number of fused-ring (bicyclic) bond motifs is 1. The first-order valence-corrected chi connectivity index (χ1v) is 7.01. The van der Waals surface area contributed by atoms with Crippen LogP contribution in [-0.2, 0) is 6.42 Å². The molecule has 1 aromatic heterocycles. The van der Waals surface area contributed by atoms with E-state index in [9.17, 15) is 9.50 Å². The summed E-state index contributed by atoms with van der Waals surface area (Å²) in [5.74, 6) is -0.367. The van der Waals surface area contributed by atoms with Crippen LogP contribution in [0, 0.1) is 12.7 Å². The molecule has 2 aromatic rings. The fraction of sp³-hybridized carbons (Fsp3) is 0.312. The van der Waals surface area contributed by atoms with Crippen molar-refractivity contribution in [2.45, 2.75) is 31.8 Å². The Morgan fingerprint density at radius 3 is 2.95 bits per heavy atom. The lowest BCUT2D eigenvalue weighted by atomic mass is 9.79. The lowest BCUT2D eigenvalue weighted by Crippen LogP contribution is -2.20. The van der Waals surface area contributed by atoms with E-state index in [1.807, 2.05) is 13.0 Å². The van der Waals surface area contributed by atoms with E-state index in [2.05, 4.69) is 4.98 Å². The average Bonchev–Trinajstić information content (AvgIpc) is 2.41. The Hall–Kier alpha value is -1.45. The molecule has 104 valence electrons. The molecule has 2 atom stereocenters. The van der Waals surface area contributed by atoms with Crippen LogP contribution >= 0.6 is 11.6 Å². The van der Waals surface area contributed by atoms with E-state index in [0.29, 0.717) is 23.4 Å². The van der Waals surface area contributed by atoms with Crippen LogP contribution in [0.5, 0.6) is 0 Å². The number of nitrogens with zero attached hydrogens (tertiary/aromatic N) is 1. The summed E-state index contributed by atoms with van der Waals surface area (Å²) in [6.07, 6.45) is 2.26. The van der Waals surface area contributed by atoms with Gasteiger partial charge in [-0.15, -0.1) is 0 Å². The van der Waals surface area contributed by atoms with Gasteiger partial charge in [0.1, 0.15) is 5.82 Å². The van der Waals surface area contributed by atoms with Crippen molar-refractivity contribution in [2.75, 3.05) is 0 Å². The minimum atomic E-state index is -0.601. The Kier molecular flexibility index (Phi) is 3.48. The van der Waals surface area contributed by atoms with Gasteiger partial charge in [0.2, 0.25) is 0 Å². The van der Waals surface area contributed by atoms with Crippen LogP contribution in [0.25, 0.3) is 0 Å². The second-order valence-electron chi connectivity index (χ2n) is 5.31. The van der Waals surface area contributed by atoms with Crippen molar-refractivity contribution in [3.63, 3.8) is 0 Å². The lowest BCUT2D eigenvalue weighted by Gasteiger charge is -2.29. The summed E-state index contributed by atoms with van der Waals surface area (Å²) in [4.78, 5) is 4.34. The summed E-state index contributed by atoms with van der Waals surface area (Å²) >= 11 is 5.95. The Labute approximate surface area is 122 Å². The van der Waals surface area contributed by atoms with Gasteiger partial charge < -0.3 is 5.11 Å². The maximum Gasteiger partial charge on any atom is 0.126 e. The molecule has 1 N–H and O–H groups in total. The van der Waals surface area contributed by atoms with Crippen LogP contribution in [0.1, 0.15) is 40.8 Å². The number of pyridine rings is 1. The number of halogens is 2. The van der Waals surface area contributed by atoms with Crippen molar-refractivity contribution >= 4 is 11.6 Å². The number of hydrogen-bond acceptors (Lipinski definition) is 2. The maximum absolute atomic E-state index is 14.0. The summed E-state index contributed by atoms with van der Waals surface area (Å²) in [6.45, 7) is 1.96. The minimum absolute atomic E-state index is 0.0921. The van der Waals surface area contributed by atoms with Gasteiger partial charge in [-0.25, -0.2) is 4.39 Å². The highest BCUT2D eigenvalue weighted by Gasteiger charge is 2.30. The Morgan fingerprint density at radius 2 is 2.15 bits per heavy atom. The van der Waals surface area contributed by atoms with Crippen molar-refractivity contribution in [3.8, 4) is 0 Å². The van der Waals surface area contributed by atoms with Crippen molar-refractivity contribution in [1.82, 2.24) is 4.98 Å². The summed E-state index contributed by atoms with van der Waals surface area (Å²) in [6, 6.07) is 6.45. The van der Waals surface area contributed by atoms with Gasteiger partial charge in [-0.05, 0) is 61.1 Å². The molecule has 0 saturated heterocycles.